The number of halogens is 7. The maximum atomic E-state index is 12.3. The van der Waals surface area contributed by atoms with E-state index in [0.717, 1.165) is 0 Å². The summed E-state index contributed by atoms with van der Waals surface area (Å²) in [6, 6.07) is -0.640. The fourth-order valence-corrected chi connectivity index (χ4v) is 2.94. The third-order valence-electron chi connectivity index (χ3n) is 3.10. The quantitative estimate of drug-likeness (QED) is 0.610. The number of hydrogen-bond acceptors (Lipinski definition) is 1. The highest BCUT2D eigenvalue weighted by Gasteiger charge is 2.61. The monoisotopic (exact) mass is 355 g/mol. The number of rotatable bonds is 3. The summed E-state index contributed by atoms with van der Waals surface area (Å²) in [6.45, 7) is 0. The number of amides is 1. The maximum absolute atomic E-state index is 12.3. The first-order valence-electron chi connectivity index (χ1n) is 5.57. The fourth-order valence-electron chi connectivity index (χ4n) is 2.16. The standard InChI is InChI=1S/C10H12BrF6NO/c11-4-5-2-1-3-6(5)18-8(19)7(9(12,13)14)10(15,16)17/h5-7H,1-4H2,(H,18,19). The molecule has 1 aliphatic rings. The minimum Gasteiger partial charge on any atom is -0.352 e. The Labute approximate surface area is 114 Å². The molecule has 2 atom stereocenters. The molecule has 0 saturated heterocycles. The SMILES string of the molecule is O=C(NC1CCCC1CBr)C(C(F)(F)F)C(F)(F)F. The lowest BCUT2D eigenvalue weighted by atomic mass is 10.0. The van der Waals surface area contributed by atoms with Crippen molar-refractivity contribution in [2.45, 2.75) is 37.7 Å². The average molecular weight is 356 g/mol. The predicted molar refractivity (Wildman–Crippen MR) is 58.7 cm³/mol. The zero-order valence-corrected chi connectivity index (χ0v) is 11.2. The lowest BCUT2D eigenvalue weighted by Crippen LogP contribution is -2.51. The molecule has 0 heterocycles. The molecule has 9 heteroatoms. The van der Waals surface area contributed by atoms with E-state index in [2.05, 4.69) is 15.9 Å². The van der Waals surface area contributed by atoms with Crippen LogP contribution in [0.15, 0.2) is 0 Å². The van der Waals surface area contributed by atoms with E-state index in [1.165, 1.54) is 0 Å². The summed E-state index contributed by atoms with van der Waals surface area (Å²) in [6.07, 6.45) is -9.54. The van der Waals surface area contributed by atoms with Gasteiger partial charge >= 0.3 is 12.4 Å². The van der Waals surface area contributed by atoms with E-state index in [1.54, 1.807) is 0 Å². The molecule has 2 nitrogen and oxygen atoms in total. The Morgan fingerprint density at radius 2 is 1.68 bits per heavy atom. The van der Waals surface area contributed by atoms with Gasteiger partial charge in [-0.2, -0.15) is 26.3 Å². The Morgan fingerprint density at radius 1 is 1.16 bits per heavy atom. The van der Waals surface area contributed by atoms with Crippen molar-refractivity contribution in [3.8, 4) is 0 Å². The van der Waals surface area contributed by atoms with Crippen molar-refractivity contribution in [1.29, 1.82) is 0 Å². The molecule has 1 N–H and O–H groups in total. The van der Waals surface area contributed by atoms with Crippen LogP contribution in [-0.4, -0.2) is 29.6 Å². The van der Waals surface area contributed by atoms with E-state index < -0.39 is 30.2 Å². The molecular formula is C10H12BrF6NO. The fraction of sp³-hybridized carbons (Fsp3) is 0.900. The van der Waals surface area contributed by atoms with Gasteiger partial charge < -0.3 is 5.32 Å². The summed E-state index contributed by atoms with van der Waals surface area (Å²) in [5, 5.41) is 2.32. The van der Waals surface area contributed by atoms with Crippen LogP contribution in [0.1, 0.15) is 19.3 Å². The summed E-state index contributed by atoms with van der Waals surface area (Å²) in [5.41, 5.74) is 0. The molecule has 1 aliphatic carbocycles. The van der Waals surface area contributed by atoms with Crippen molar-refractivity contribution in [2.75, 3.05) is 5.33 Å². The predicted octanol–water partition coefficient (Wildman–Crippen LogP) is 3.41. The van der Waals surface area contributed by atoms with Gasteiger partial charge in [-0.25, -0.2) is 0 Å². The Morgan fingerprint density at radius 3 is 2.11 bits per heavy atom. The zero-order valence-electron chi connectivity index (χ0n) is 9.61. The topological polar surface area (TPSA) is 29.1 Å². The molecule has 112 valence electrons. The molecule has 2 unspecified atom stereocenters. The molecule has 0 aliphatic heterocycles. The first kappa shape index (κ1) is 16.6. The summed E-state index contributed by atoms with van der Waals surface area (Å²) in [7, 11) is 0. The molecule has 0 aromatic rings. The lowest BCUT2D eigenvalue weighted by molar-refractivity contribution is -0.274. The molecule has 1 amide bonds. The molecule has 19 heavy (non-hydrogen) atoms. The Bertz CT molecular complexity index is 315. The second kappa shape index (κ2) is 5.88. The van der Waals surface area contributed by atoms with Gasteiger partial charge in [0.1, 0.15) is 0 Å². The van der Waals surface area contributed by atoms with Gasteiger partial charge in [-0.1, -0.05) is 22.4 Å². The Balaban J connectivity index is 2.79. The third-order valence-corrected chi connectivity index (χ3v) is 3.93. The highest BCUT2D eigenvalue weighted by Crippen LogP contribution is 2.40. The van der Waals surface area contributed by atoms with E-state index >= 15 is 0 Å². The first-order chi connectivity index (χ1) is 8.57. The molecule has 0 bridgehead atoms. The van der Waals surface area contributed by atoms with Gasteiger partial charge in [0, 0.05) is 11.4 Å². The number of carbonyl (C=O) groups is 1. The second-order valence-electron chi connectivity index (χ2n) is 4.48. The van der Waals surface area contributed by atoms with E-state index in [4.69, 9.17) is 0 Å². The van der Waals surface area contributed by atoms with Crippen molar-refractivity contribution in [3.05, 3.63) is 0 Å². The minimum atomic E-state index is -5.63. The van der Waals surface area contributed by atoms with E-state index in [9.17, 15) is 31.1 Å². The maximum Gasteiger partial charge on any atom is 0.409 e. The van der Waals surface area contributed by atoms with Crippen molar-refractivity contribution in [2.24, 2.45) is 11.8 Å². The number of carbonyl (C=O) groups excluding carboxylic acids is 1. The molecule has 0 aromatic carbocycles. The van der Waals surface area contributed by atoms with Crippen LogP contribution in [-0.2, 0) is 4.79 Å². The average Bonchev–Trinajstić information content (AvgIpc) is 2.59. The summed E-state index contributed by atoms with van der Waals surface area (Å²) in [4.78, 5) is 11.3. The Kier molecular flexibility index (Phi) is 5.14. The van der Waals surface area contributed by atoms with Gasteiger partial charge in [-0.3, -0.25) is 4.79 Å². The van der Waals surface area contributed by atoms with Gasteiger partial charge in [-0.15, -0.1) is 0 Å². The van der Waals surface area contributed by atoms with Crippen LogP contribution >= 0.6 is 15.9 Å². The number of hydrogen-bond donors (Lipinski definition) is 1. The van der Waals surface area contributed by atoms with E-state index in [1.807, 2.05) is 5.32 Å². The van der Waals surface area contributed by atoms with Crippen LogP contribution < -0.4 is 5.32 Å². The Hall–Kier alpha value is -0.470. The molecule has 0 aromatic heterocycles. The summed E-state index contributed by atoms with van der Waals surface area (Å²) >= 11 is 3.13. The van der Waals surface area contributed by atoms with Gasteiger partial charge in [0.2, 0.25) is 11.8 Å². The smallest absolute Gasteiger partial charge is 0.352 e. The van der Waals surface area contributed by atoms with Gasteiger partial charge in [0.25, 0.3) is 0 Å². The normalized spacial score (nSPS) is 24.8. The van der Waals surface area contributed by atoms with Crippen LogP contribution in [0.3, 0.4) is 0 Å². The minimum absolute atomic E-state index is 0.133. The van der Waals surface area contributed by atoms with Crippen LogP contribution in [0.5, 0.6) is 0 Å². The molecule has 0 spiro atoms. The van der Waals surface area contributed by atoms with Crippen LogP contribution in [0.4, 0.5) is 26.3 Å². The molecule has 1 saturated carbocycles. The van der Waals surface area contributed by atoms with Crippen molar-refractivity contribution in [1.82, 2.24) is 5.32 Å². The van der Waals surface area contributed by atoms with E-state index in [0.29, 0.717) is 24.6 Å². The van der Waals surface area contributed by atoms with Gasteiger partial charge in [0.05, 0.1) is 0 Å². The van der Waals surface area contributed by atoms with Crippen molar-refractivity contribution < 1.29 is 31.1 Å². The van der Waals surface area contributed by atoms with Crippen LogP contribution in [0.2, 0.25) is 0 Å². The van der Waals surface area contributed by atoms with E-state index in [-0.39, 0.29) is 5.92 Å². The highest BCUT2D eigenvalue weighted by atomic mass is 79.9. The van der Waals surface area contributed by atoms with Crippen molar-refractivity contribution >= 4 is 21.8 Å². The zero-order chi connectivity index (χ0) is 14.8. The van der Waals surface area contributed by atoms with Gasteiger partial charge in [-0.05, 0) is 18.8 Å². The van der Waals surface area contributed by atoms with Crippen LogP contribution in [0.25, 0.3) is 0 Å². The molecule has 1 fully saturated rings. The number of nitrogens with one attached hydrogen (secondary N) is 1. The van der Waals surface area contributed by atoms with Crippen molar-refractivity contribution in [3.63, 3.8) is 0 Å². The molecule has 0 radical (unpaired) electrons. The molecular weight excluding hydrogens is 344 g/mol. The van der Waals surface area contributed by atoms with Gasteiger partial charge in [0.15, 0.2) is 0 Å². The lowest BCUT2D eigenvalue weighted by Gasteiger charge is -2.25. The second-order valence-corrected chi connectivity index (χ2v) is 5.12. The summed E-state index contributed by atoms with van der Waals surface area (Å²) in [5.74, 6) is -6.11. The van der Waals surface area contributed by atoms with Crippen LogP contribution in [0, 0.1) is 11.8 Å². The molecule has 1 rings (SSSR count). The summed E-state index contributed by atoms with van der Waals surface area (Å²) < 4.78 is 74.0. The third kappa shape index (κ3) is 4.25. The largest absolute Gasteiger partial charge is 0.409 e. The first-order valence-corrected chi connectivity index (χ1v) is 6.69. The highest BCUT2D eigenvalue weighted by molar-refractivity contribution is 9.09. The number of alkyl halides is 7.